The molecule has 0 radical (unpaired) electrons. The highest BCUT2D eigenvalue weighted by Crippen LogP contribution is 2.02. The first kappa shape index (κ1) is 10.7. The maximum atomic E-state index is 11.7. The maximum absolute atomic E-state index is 11.7. The molecule has 0 fully saturated rings. The van der Waals surface area contributed by atoms with Gasteiger partial charge in [0.2, 0.25) is 0 Å². The van der Waals surface area contributed by atoms with Crippen LogP contribution < -0.4 is 0 Å². The normalized spacial score (nSPS) is 10.1. The summed E-state index contributed by atoms with van der Waals surface area (Å²) in [7, 11) is 0. The van der Waals surface area contributed by atoms with Crippen molar-refractivity contribution in [2.75, 3.05) is 19.7 Å². The second-order valence-electron chi connectivity index (χ2n) is 2.85. The molecule has 0 bridgehead atoms. The van der Waals surface area contributed by atoms with Gasteiger partial charge in [0.05, 0.1) is 0 Å². The molecule has 1 heterocycles. The fourth-order valence-electron chi connectivity index (χ4n) is 1.15. The van der Waals surface area contributed by atoms with Crippen molar-refractivity contribution < 1.29 is 14.4 Å². The molecule has 0 aromatic carbocycles. The Kier molecular flexibility index (Phi) is 4.12. The summed E-state index contributed by atoms with van der Waals surface area (Å²) in [4.78, 5) is 13.3. The number of amides is 1. The molecular formula is C9H14N2O3. The van der Waals surface area contributed by atoms with Crippen molar-refractivity contribution in [1.29, 1.82) is 0 Å². The van der Waals surface area contributed by atoms with Crippen molar-refractivity contribution in [3.8, 4) is 0 Å². The highest BCUT2D eigenvalue weighted by Gasteiger charge is 2.15. The van der Waals surface area contributed by atoms with Crippen LogP contribution in [0.1, 0.15) is 23.8 Å². The molecule has 0 aliphatic heterocycles. The SMILES string of the molecule is CCN(CCCO)C(=O)c1ccon1. The smallest absolute Gasteiger partial charge is 0.276 e. The molecular weight excluding hydrogens is 184 g/mol. The van der Waals surface area contributed by atoms with Gasteiger partial charge < -0.3 is 14.5 Å². The molecule has 1 amide bonds. The summed E-state index contributed by atoms with van der Waals surface area (Å²) in [6.07, 6.45) is 1.95. The fraction of sp³-hybridized carbons (Fsp3) is 0.556. The zero-order valence-corrected chi connectivity index (χ0v) is 8.14. The quantitative estimate of drug-likeness (QED) is 0.749. The van der Waals surface area contributed by atoms with Crippen LogP contribution in [-0.2, 0) is 0 Å². The number of hydrogen-bond donors (Lipinski definition) is 1. The first-order valence-electron chi connectivity index (χ1n) is 4.60. The summed E-state index contributed by atoms with van der Waals surface area (Å²) in [5.74, 6) is -0.158. The standard InChI is InChI=1S/C9H14N2O3/c1-2-11(5-3-6-12)9(13)8-4-7-14-10-8/h4,7,12H,2-3,5-6H2,1H3. The first-order chi connectivity index (χ1) is 6.79. The van der Waals surface area contributed by atoms with Crippen molar-refractivity contribution in [3.05, 3.63) is 18.0 Å². The molecule has 78 valence electrons. The van der Waals surface area contributed by atoms with Gasteiger partial charge in [-0.05, 0) is 13.3 Å². The van der Waals surface area contributed by atoms with E-state index in [0.717, 1.165) is 0 Å². The van der Waals surface area contributed by atoms with Crippen LogP contribution in [-0.4, -0.2) is 40.8 Å². The molecule has 5 nitrogen and oxygen atoms in total. The van der Waals surface area contributed by atoms with Crippen LogP contribution in [0.5, 0.6) is 0 Å². The average Bonchev–Trinajstić information content (AvgIpc) is 2.71. The van der Waals surface area contributed by atoms with Gasteiger partial charge in [0.15, 0.2) is 5.69 Å². The lowest BCUT2D eigenvalue weighted by molar-refractivity contribution is 0.0744. The van der Waals surface area contributed by atoms with E-state index in [-0.39, 0.29) is 12.5 Å². The summed E-state index contributed by atoms with van der Waals surface area (Å²) >= 11 is 0. The van der Waals surface area contributed by atoms with Gasteiger partial charge in [-0.1, -0.05) is 5.16 Å². The monoisotopic (exact) mass is 198 g/mol. The van der Waals surface area contributed by atoms with Crippen LogP contribution in [0.4, 0.5) is 0 Å². The van der Waals surface area contributed by atoms with Crippen molar-refractivity contribution in [1.82, 2.24) is 10.1 Å². The number of aliphatic hydroxyl groups is 1. The molecule has 0 unspecified atom stereocenters. The van der Waals surface area contributed by atoms with Gasteiger partial charge in [-0.2, -0.15) is 0 Å². The van der Waals surface area contributed by atoms with Gasteiger partial charge >= 0.3 is 0 Å². The lowest BCUT2D eigenvalue weighted by Gasteiger charge is -2.18. The van der Waals surface area contributed by atoms with E-state index in [0.29, 0.717) is 25.2 Å². The molecule has 1 rings (SSSR count). The van der Waals surface area contributed by atoms with E-state index < -0.39 is 0 Å². The van der Waals surface area contributed by atoms with Crippen LogP contribution in [0.3, 0.4) is 0 Å². The van der Waals surface area contributed by atoms with Gasteiger partial charge in [0.25, 0.3) is 5.91 Å². The molecule has 0 spiro atoms. The van der Waals surface area contributed by atoms with Crippen molar-refractivity contribution in [3.63, 3.8) is 0 Å². The minimum absolute atomic E-state index is 0.0859. The van der Waals surface area contributed by atoms with Crippen LogP contribution in [0.15, 0.2) is 16.9 Å². The van der Waals surface area contributed by atoms with Gasteiger partial charge in [0, 0.05) is 25.8 Å². The molecule has 0 atom stereocenters. The van der Waals surface area contributed by atoms with E-state index in [4.69, 9.17) is 5.11 Å². The zero-order chi connectivity index (χ0) is 10.4. The summed E-state index contributed by atoms with van der Waals surface area (Å²) in [5, 5.41) is 12.2. The minimum atomic E-state index is -0.158. The lowest BCUT2D eigenvalue weighted by Crippen LogP contribution is -2.32. The van der Waals surface area contributed by atoms with Crippen molar-refractivity contribution >= 4 is 5.91 Å². The van der Waals surface area contributed by atoms with Crippen molar-refractivity contribution in [2.45, 2.75) is 13.3 Å². The number of nitrogens with zero attached hydrogens (tertiary/aromatic N) is 2. The number of aliphatic hydroxyl groups excluding tert-OH is 1. The third-order valence-corrected chi connectivity index (χ3v) is 1.91. The Hall–Kier alpha value is -1.36. The second-order valence-corrected chi connectivity index (χ2v) is 2.85. The lowest BCUT2D eigenvalue weighted by atomic mass is 10.3. The van der Waals surface area contributed by atoms with E-state index in [1.807, 2.05) is 6.92 Å². The van der Waals surface area contributed by atoms with E-state index in [2.05, 4.69) is 9.68 Å². The molecule has 14 heavy (non-hydrogen) atoms. The van der Waals surface area contributed by atoms with Gasteiger partial charge in [0.1, 0.15) is 6.26 Å². The molecule has 0 saturated carbocycles. The Morgan fingerprint density at radius 3 is 3.00 bits per heavy atom. The molecule has 1 aromatic heterocycles. The Labute approximate surface area is 82.3 Å². The Balaban J connectivity index is 2.56. The predicted octanol–water partition coefficient (Wildman–Crippen LogP) is 0.519. The summed E-state index contributed by atoms with van der Waals surface area (Å²) in [5.41, 5.74) is 0.310. The summed E-state index contributed by atoms with van der Waals surface area (Å²) in [6.45, 7) is 3.11. The predicted molar refractivity (Wildman–Crippen MR) is 49.8 cm³/mol. The number of carbonyl (C=O) groups is 1. The van der Waals surface area contributed by atoms with Gasteiger partial charge in [-0.15, -0.1) is 0 Å². The molecule has 1 N–H and O–H groups in total. The van der Waals surface area contributed by atoms with Crippen LogP contribution >= 0.6 is 0 Å². The topological polar surface area (TPSA) is 66.6 Å². The third-order valence-electron chi connectivity index (χ3n) is 1.91. The van der Waals surface area contributed by atoms with Gasteiger partial charge in [-0.25, -0.2) is 0 Å². The average molecular weight is 198 g/mol. The molecule has 0 aliphatic rings. The Bertz CT molecular complexity index is 272. The number of carbonyl (C=O) groups excluding carboxylic acids is 1. The molecule has 0 aliphatic carbocycles. The maximum Gasteiger partial charge on any atom is 0.276 e. The largest absolute Gasteiger partial charge is 0.396 e. The Morgan fingerprint density at radius 2 is 2.50 bits per heavy atom. The first-order valence-corrected chi connectivity index (χ1v) is 4.60. The number of aromatic nitrogens is 1. The van der Waals surface area contributed by atoms with E-state index in [9.17, 15) is 4.79 Å². The highest BCUT2D eigenvalue weighted by atomic mass is 16.5. The van der Waals surface area contributed by atoms with Crippen molar-refractivity contribution in [2.24, 2.45) is 0 Å². The molecule has 0 saturated heterocycles. The van der Waals surface area contributed by atoms with Crippen LogP contribution in [0, 0.1) is 0 Å². The second kappa shape index (κ2) is 5.39. The minimum Gasteiger partial charge on any atom is -0.396 e. The fourth-order valence-corrected chi connectivity index (χ4v) is 1.15. The van der Waals surface area contributed by atoms with Gasteiger partial charge in [-0.3, -0.25) is 4.79 Å². The highest BCUT2D eigenvalue weighted by molar-refractivity contribution is 5.92. The van der Waals surface area contributed by atoms with Crippen LogP contribution in [0.25, 0.3) is 0 Å². The zero-order valence-electron chi connectivity index (χ0n) is 8.14. The molecule has 1 aromatic rings. The van der Waals surface area contributed by atoms with Crippen LogP contribution in [0.2, 0.25) is 0 Å². The van der Waals surface area contributed by atoms with E-state index >= 15 is 0 Å². The number of rotatable bonds is 5. The third kappa shape index (κ3) is 2.56. The summed E-state index contributed by atoms with van der Waals surface area (Å²) in [6, 6.07) is 1.53. The van der Waals surface area contributed by atoms with E-state index in [1.54, 1.807) is 4.90 Å². The molecule has 5 heteroatoms. The Morgan fingerprint density at radius 1 is 1.71 bits per heavy atom. The van der Waals surface area contributed by atoms with E-state index in [1.165, 1.54) is 12.3 Å². The summed E-state index contributed by atoms with van der Waals surface area (Å²) < 4.78 is 4.59. The number of hydrogen-bond acceptors (Lipinski definition) is 4.